The summed E-state index contributed by atoms with van der Waals surface area (Å²) in [6, 6.07) is -0.434. The van der Waals surface area contributed by atoms with Gasteiger partial charge >= 0.3 is 0 Å². The first-order chi connectivity index (χ1) is 5.18. The number of rotatable bonds is 5. The van der Waals surface area contributed by atoms with Crippen LogP contribution in [0, 0.1) is 0 Å². The zero-order valence-corrected chi connectivity index (χ0v) is 7.09. The van der Waals surface area contributed by atoms with E-state index >= 15 is 0 Å². The predicted octanol–water partition coefficient (Wildman–Crippen LogP) is -0.514. The van der Waals surface area contributed by atoms with Gasteiger partial charge in [-0.05, 0) is 13.8 Å². The van der Waals surface area contributed by atoms with E-state index < -0.39 is 6.04 Å². The maximum absolute atomic E-state index is 10.8. The summed E-state index contributed by atoms with van der Waals surface area (Å²) >= 11 is 0. The highest BCUT2D eigenvalue weighted by Crippen LogP contribution is 1.75. The second-order valence-electron chi connectivity index (χ2n) is 2.28. The fourth-order valence-electron chi connectivity index (χ4n) is 0.552. The Balaban J connectivity index is 3.18. The zero-order valence-electron chi connectivity index (χ0n) is 7.09. The van der Waals surface area contributed by atoms with E-state index in [1.807, 2.05) is 6.92 Å². The summed E-state index contributed by atoms with van der Waals surface area (Å²) in [5, 5.41) is 2.63. The second kappa shape index (κ2) is 6.12. The minimum atomic E-state index is -0.434. The van der Waals surface area contributed by atoms with Crippen molar-refractivity contribution in [3.05, 3.63) is 0 Å². The van der Waals surface area contributed by atoms with Gasteiger partial charge in [-0.15, -0.1) is 0 Å². The third-order valence-electron chi connectivity index (χ3n) is 1.16. The molecule has 1 unspecified atom stereocenters. The van der Waals surface area contributed by atoms with Crippen molar-refractivity contribution < 1.29 is 9.53 Å². The van der Waals surface area contributed by atoms with Gasteiger partial charge < -0.3 is 15.8 Å². The van der Waals surface area contributed by atoms with Crippen molar-refractivity contribution >= 4 is 5.91 Å². The Morgan fingerprint density at radius 3 is 2.82 bits per heavy atom. The van der Waals surface area contributed by atoms with Gasteiger partial charge in [-0.3, -0.25) is 4.79 Å². The quantitative estimate of drug-likeness (QED) is 0.532. The van der Waals surface area contributed by atoms with E-state index in [4.69, 9.17) is 10.5 Å². The molecule has 4 nitrogen and oxygen atoms in total. The maximum Gasteiger partial charge on any atom is 0.236 e. The third-order valence-corrected chi connectivity index (χ3v) is 1.16. The lowest BCUT2D eigenvalue weighted by Gasteiger charge is -2.06. The third kappa shape index (κ3) is 5.82. The smallest absolute Gasteiger partial charge is 0.236 e. The lowest BCUT2D eigenvalue weighted by Crippen LogP contribution is -2.39. The van der Waals surface area contributed by atoms with Gasteiger partial charge in [-0.1, -0.05) is 0 Å². The number of hydrogen-bond donors (Lipinski definition) is 2. The molecule has 0 aromatic rings. The Bertz CT molecular complexity index is 115. The van der Waals surface area contributed by atoms with Crippen molar-refractivity contribution in [1.82, 2.24) is 5.32 Å². The van der Waals surface area contributed by atoms with Gasteiger partial charge in [-0.2, -0.15) is 0 Å². The first-order valence-electron chi connectivity index (χ1n) is 3.79. The molecule has 66 valence electrons. The molecule has 3 N–H and O–H groups in total. The van der Waals surface area contributed by atoms with Crippen LogP contribution in [0.3, 0.4) is 0 Å². The van der Waals surface area contributed by atoms with Crippen LogP contribution in [0.1, 0.15) is 13.8 Å². The predicted molar refractivity (Wildman–Crippen MR) is 43.2 cm³/mol. The summed E-state index contributed by atoms with van der Waals surface area (Å²) in [6.07, 6.45) is 0. The Hall–Kier alpha value is -0.610. The molecule has 0 saturated heterocycles. The molecule has 0 aliphatic heterocycles. The standard InChI is InChI=1S/C7H16N2O2/c1-3-11-5-4-9-7(10)6(2)8/h6H,3-5,8H2,1-2H3,(H,9,10). The normalized spacial score (nSPS) is 12.6. The largest absolute Gasteiger partial charge is 0.380 e. The van der Waals surface area contributed by atoms with E-state index in [-0.39, 0.29) is 5.91 Å². The van der Waals surface area contributed by atoms with Crippen molar-refractivity contribution in [3.8, 4) is 0 Å². The van der Waals surface area contributed by atoms with Crippen LogP contribution in [0.2, 0.25) is 0 Å². The Morgan fingerprint density at radius 1 is 1.73 bits per heavy atom. The van der Waals surface area contributed by atoms with Crippen LogP contribution in [0.25, 0.3) is 0 Å². The molecule has 11 heavy (non-hydrogen) atoms. The van der Waals surface area contributed by atoms with E-state index in [9.17, 15) is 4.79 Å². The van der Waals surface area contributed by atoms with Crippen LogP contribution in [-0.2, 0) is 9.53 Å². The monoisotopic (exact) mass is 160 g/mol. The maximum atomic E-state index is 10.8. The van der Waals surface area contributed by atoms with Gasteiger partial charge in [0.1, 0.15) is 0 Å². The molecular formula is C7H16N2O2. The lowest BCUT2D eigenvalue weighted by molar-refractivity contribution is -0.122. The molecule has 4 heteroatoms. The van der Waals surface area contributed by atoms with E-state index in [2.05, 4.69) is 5.32 Å². The molecule has 0 aliphatic rings. The first-order valence-corrected chi connectivity index (χ1v) is 3.79. The van der Waals surface area contributed by atoms with Crippen LogP contribution in [0.5, 0.6) is 0 Å². The second-order valence-corrected chi connectivity index (χ2v) is 2.28. The van der Waals surface area contributed by atoms with Gasteiger partial charge in [-0.25, -0.2) is 0 Å². The highest BCUT2D eigenvalue weighted by atomic mass is 16.5. The zero-order chi connectivity index (χ0) is 8.69. The topological polar surface area (TPSA) is 64.3 Å². The molecule has 0 fully saturated rings. The average Bonchev–Trinajstić information content (AvgIpc) is 1.97. The van der Waals surface area contributed by atoms with Gasteiger partial charge in [0, 0.05) is 13.2 Å². The highest BCUT2D eigenvalue weighted by molar-refractivity contribution is 5.80. The van der Waals surface area contributed by atoms with Gasteiger partial charge in [0.05, 0.1) is 12.6 Å². The number of nitrogens with two attached hydrogens (primary N) is 1. The molecular weight excluding hydrogens is 144 g/mol. The van der Waals surface area contributed by atoms with E-state index in [1.54, 1.807) is 6.92 Å². The summed E-state index contributed by atoms with van der Waals surface area (Å²) in [7, 11) is 0. The van der Waals surface area contributed by atoms with Gasteiger partial charge in [0.2, 0.25) is 5.91 Å². The fraction of sp³-hybridized carbons (Fsp3) is 0.857. The summed E-state index contributed by atoms with van der Waals surface area (Å²) in [4.78, 5) is 10.8. The number of carbonyl (C=O) groups is 1. The fourth-order valence-corrected chi connectivity index (χ4v) is 0.552. The van der Waals surface area contributed by atoms with Crippen molar-refractivity contribution in [3.63, 3.8) is 0 Å². The molecule has 0 aromatic carbocycles. The number of ether oxygens (including phenoxy) is 1. The minimum Gasteiger partial charge on any atom is -0.380 e. The molecule has 0 radical (unpaired) electrons. The highest BCUT2D eigenvalue weighted by Gasteiger charge is 2.04. The van der Waals surface area contributed by atoms with Gasteiger partial charge in [0.15, 0.2) is 0 Å². The molecule has 0 bridgehead atoms. The van der Waals surface area contributed by atoms with Crippen LogP contribution in [-0.4, -0.2) is 31.7 Å². The van der Waals surface area contributed by atoms with Gasteiger partial charge in [0.25, 0.3) is 0 Å². The summed E-state index contributed by atoms with van der Waals surface area (Å²) in [5.41, 5.74) is 5.30. The van der Waals surface area contributed by atoms with E-state index in [1.165, 1.54) is 0 Å². The van der Waals surface area contributed by atoms with Crippen molar-refractivity contribution in [2.45, 2.75) is 19.9 Å². The molecule has 1 amide bonds. The Kier molecular flexibility index (Phi) is 5.78. The summed E-state index contributed by atoms with van der Waals surface area (Å²) in [5.74, 6) is -0.135. The van der Waals surface area contributed by atoms with Crippen molar-refractivity contribution in [1.29, 1.82) is 0 Å². The van der Waals surface area contributed by atoms with E-state index in [0.717, 1.165) is 0 Å². The SMILES string of the molecule is CCOCCNC(=O)C(C)N. The number of amides is 1. The molecule has 1 atom stereocenters. The van der Waals surface area contributed by atoms with Crippen LogP contribution in [0.4, 0.5) is 0 Å². The summed E-state index contributed by atoms with van der Waals surface area (Å²) < 4.78 is 5.01. The van der Waals surface area contributed by atoms with Crippen LogP contribution >= 0.6 is 0 Å². The molecule has 0 rings (SSSR count). The molecule has 0 aliphatic carbocycles. The Morgan fingerprint density at radius 2 is 2.36 bits per heavy atom. The van der Waals surface area contributed by atoms with Crippen molar-refractivity contribution in [2.75, 3.05) is 19.8 Å². The molecule has 0 spiro atoms. The molecule has 0 heterocycles. The van der Waals surface area contributed by atoms with Crippen molar-refractivity contribution in [2.24, 2.45) is 5.73 Å². The van der Waals surface area contributed by atoms with Crippen LogP contribution in [0.15, 0.2) is 0 Å². The van der Waals surface area contributed by atoms with Crippen LogP contribution < -0.4 is 11.1 Å². The minimum absolute atomic E-state index is 0.135. The van der Waals surface area contributed by atoms with E-state index in [0.29, 0.717) is 19.8 Å². The first kappa shape index (κ1) is 10.4. The molecule has 0 saturated carbocycles. The summed E-state index contributed by atoms with van der Waals surface area (Å²) in [6.45, 7) is 5.32. The lowest BCUT2D eigenvalue weighted by atomic mass is 10.3. The number of hydrogen-bond acceptors (Lipinski definition) is 3. The average molecular weight is 160 g/mol. The number of nitrogens with one attached hydrogen (secondary N) is 1. The molecule has 0 aromatic heterocycles. The number of carbonyl (C=O) groups excluding carboxylic acids is 1. The Labute approximate surface area is 67.1 Å².